The van der Waals surface area contributed by atoms with Crippen molar-refractivity contribution in [3.63, 3.8) is 0 Å². The highest BCUT2D eigenvalue weighted by atomic mass is 35.5. The molecule has 0 saturated carbocycles. The Morgan fingerprint density at radius 3 is 2.66 bits per heavy atom. The number of hydrogen-bond acceptors (Lipinski definition) is 5. The number of furan rings is 1. The van der Waals surface area contributed by atoms with Crippen LogP contribution in [-0.2, 0) is 13.0 Å². The summed E-state index contributed by atoms with van der Waals surface area (Å²) in [6.45, 7) is 4.28. The van der Waals surface area contributed by atoms with Gasteiger partial charge in [-0.3, -0.25) is 9.55 Å². The Kier molecular flexibility index (Phi) is 4.98. The highest BCUT2D eigenvalue weighted by Gasteiger charge is 2.12. The molecule has 2 heterocycles. The molecule has 0 atom stereocenters. The smallest absolute Gasteiger partial charge is 0.352 e. The maximum Gasteiger partial charge on any atom is 0.352 e. The van der Waals surface area contributed by atoms with Crippen molar-refractivity contribution in [3.05, 3.63) is 85.3 Å². The lowest BCUT2D eigenvalue weighted by molar-refractivity contribution is 0.553. The third-order valence-electron chi connectivity index (χ3n) is 4.79. The van der Waals surface area contributed by atoms with Crippen LogP contribution in [0.15, 0.2) is 56.5 Å². The number of aromatic nitrogens is 3. The number of hydrogen-bond donors (Lipinski definition) is 2. The highest BCUT2D eigenvalue weighted by Crippen LogP contribution is 2.29. The van der Waals surface area contributed by atoms with E-state index in [1.54, 1.807) is 12.1 Å². The van der Waals surface area contributed by atoms with Crippen molar-refractivity contribution < 1.29 is 4.42 Å². The summed E-state index contributed by atoms with van der Waals surface area (Å²) >= 11 is 5.93. The lowest BCUT2D eigenvalue weighted by Crippen LogP contribution is -2.34. The number of benzene rings is 2. The molecule has 0 fully saturated rings. The van der Waals surface area contributed by atoms with Crippen molar-refractivity contribution in [1.29, 1.82) is 0 Å². The summed E-state index contributed by atoms with van der Waals surface area (Å²) in [7, 11) is 0. The van der Waals surface area contributed by atoms with Crippen molar-refractivity contribution >= 4 is 34.2 Å². The largest absolute Gasteiger partial charge is 0.461 e. The average molecular weight is 411 g/mol. The van der Waals surface area contributed by atoms with E-state index < -0.39 is 11.4 Å². The second-order valence-electron chi connectivity index (χ2n) is 6.72. The molecule has 29 heavy (non-hydrogen) atoms. The van der Waals surface area contributed by atoms with E-state index in [4.69, 9.17) is 16.0 Å². The van der Waals surface area contributed by atoms with E-state index in [9.17, 15) is 9.59 Å². The maximum atomic E-state index is 12.4. The summed E-state index contributed by atoms with van der Waals surface area (Å²) in [5.41, 5.74) is 2.16. The number of anilines is 2. The van der Waals surface area contributed by atoms with E-state index in [-0.39, 0.29) is 12.5 Å². The third kappa shape index (κ3) is 3.82. The van der Waals surface area contributed by atoms with Gasteiger partial charge in [-0.15, -0.1) is 0 Å². The van der Waals surface area contributed by atoms with Crippen LogP contribution >= 0.6 is 11.6 Å². The average Bonchev–Trinajstić information content (AvgIpc) is 3.01. The molecule has 4 rings (SSSR count). The van der Waals surface area contributed by atoms with Gasteiger partial charge < -0.3 is 9.73 Å². The van der Waals surface area contributed by atoms with Gasteiger partial charge >= 0.3 is 11.4 Å². The minimum absolute atomic E-state index is 0.157. The molecule has 4 aromatic rings. The predicted octanol–water partition coefficient (Wildman–Crippen LogP) is 3.99. The molecule has 0 aliphatic heterocycles. The predicted molar refractivity (Wildman–Crippen MR) is 113 cm³/mol. The molecular formula is C21H19ClN4O3. The maximum absolute atomic E-state index is 12.4. The lowest BCUT2D eigenvalue weighted by Gasteiger charge is -2.13. The molecule has 0 aliphatic rings. The van der Waals surface area contributed by atoms with Gasteiger partial charge in [0.2, 0.25) is 5.95 Å². The molecule has 7 nitrogen and oxygen atoms in total. The molecule has 2 aromatic heterocycles. The molecule has 8 heteroatoms. The SMILES string of the molecule is CCc1oc2ccc(Nc3nc(=O)[nH]c(=O)n3Cc3ccc(Cl)cc3)cc2c1C. The summed E-state index contributed by atoms with van der Waals surface area (Å²) < 4.78 is 7.21. The molecule has 0 spiro atoms. The summed E-state index contributed by atoms with van der Waals surface area (Å²) in [4.78, 5) is 30.4. The van der Waals surface area contributed by atoms with Crippen molar-refractivity contribution in [2.45, 2.75) is 26.8 Å². The second-order valence-corrected chi connectivity index (χ2v) is 7.16. The van der Waals surface area contributed by atoms with Gasteiger partial charge in [0.1, 0.15) is 11.3 Å². The number of nitrogens with one attached hydrogen (secondary N) is 2. The number of nitrogens with zero attached hydrogens (tertiary/aromatic N) is 2. The number of aromatic amines is 1. The van der Waals surface area contributed by atoms with Crippen LogP contribution in [0.25, 0.3) is 11.0 Å². The standard InChI is InChI=1S/C21H19ClN4O3/c1-3-17-12(2)16-10-15(8-9-18(16)29-17)23-19-24-20(27)25-21(28)26(19)11-13-4-6-14(22)7-5-13/h4-10H,3,11H2,1-2H3,(H2,23,24,25,27,28). The highest BCUT2D eigenvalue weighted by molar-refractivity contribution is 6.30. The Bertz CT molecular complexity index is 1300. The zero-order valence-electron chi connectivity index (χ0n) is 16.0. The number of halogens is 1. The van der Waals surface area contributed by atoms with Gasteiger partial charge in [0.25, 0.3) is 0 Å². The van der Waals surface area contributed by atoms with Gasteiger partial charge in [-0.1, -0.05) is 30.7 Å². The minimum atomic E-state index is -0.710. The molecule has 2 N–H and O–H groups in total. The summed E-state index contributed by atoms with van der Waals surface area (Å²) in [5, 5.41) is 4.68. The third-order valence-corrected chi connectivity index (χ3v) is 5.04. The van der Waals surface area contributed by atoms with E-state index in [0.29, 0.717) is 10.7 Å². The number of rotatable bonds is 5. The monoisotopic (exact) mass is 410 g/mol. The van der Waals surface area contributed by atoms with E-state index in [1.165, 1.54) is 4.57 Å². The summed E-state index contributed by atoms with van der Waals surface area (Å²) in [5.74, 6) is 1.09. The minimum Gasteiger partial charge on any atom is -0.461 e. The lowest BCUT2D eigenvalue weighted by atomic mass is 10.1. The van der Waals surface area contributed by atoms with Crippen LogP contribution < -0.4 is 16.7 Å². The molecule has 0 aliphatic carbocycles. The number of fused-ring (bicyclic) bond motifs is 1. The van der Waals surface area contributed by atoms with E-state index in [2.05, 4.69) is 15.3 Å². The van der Waals surface area contributed by atoms with Gasteiger partial charge in [-0.05, 0) is 48.4 Å². The molecule has 0 unspecified atom stereocenters. The normalized spacial score (nSPS) is 11.1. The Morgan fingerprint density at radius 1 is 1.17 bits per heavy atom. The van der Waals surface area contributed by atoms with Crippen LogP contribution in [0.2, 0.25) is 5.02 Å². The molecular weight excluding hydrogens is 392 g/mol. The van der Waals surface area contributed by atoms with Crippen molar-refractivity contribution in [3.8, 4) is 0 Å². The Morgan fingerprint density at radius 2 is 1.93 bits per heavy atom. The molecule has 0 amide bonds. The Labute approximate surface area is 171 Å². The van der Waals surface area contributed by atoms with Crippen LogP contribution in [0.5, 0.6) is 0 Å². The molecule has 0 saturated heterocycles. The fourth-order valence-electron chi connectivity index (χ4n) is 3.27. The van der Waals surface area contributed by atoms with Gasteiger partial charge in [-0.2, -0.15) is 4.98 Å². The first-order valence-corrected chi connectivity index (χ1v) is 9.57. The van der Waals surface area contributed by atoms with Crippen LogP contribution in [0, 0.1) is 6.92 Å². The van der Waals surface area contributed by atoms with E-state index in [1.807, 2.05) is 44.2 Å². The quantitative estimate of drug-likeness (QED) is 0.518. The van der Waals surface area contributed by atoms with Crippen molar-refractivity contribution in [1.82, 2.24) is 14.5 Å². The van der Waals surface area contributed by atoms with Crippen LogP contribution in [0.3, 0.4) is 0 Å². The Balaban J connectivity index is 1.74. The van der Waals surface area contributed by atoms with E-state index in [0.717, 1.165) is 34.3 Å². The first-order valence-electron chi connectivity index (χ1n) is 9.19. The summed E-state index contributed by atoms with van der Waals surface area (Å²) in [6.07, 6.45) is 0.805. The first-order chi connectivity index (χ1) is 13.9. The van der Waals surface area contributed by atoms with Crippen molar-refractivity contribution in [2.75, 3.05) is 5.32 Å². The number of aryl methyl sites for hydroxylation is 2. The van der Waals surface area contributed by atoms with Crippen LogP contribution in [0.1, 0.15) is 23.8 Å². The summed E-state index contributed by atoms with van der Waals surface area (Å²) in [6, 6.07) is 12.7. The second kappa shape index (κ2) is 7.60. The zero-order chi connectivity index (χ0) is 20.5. The van der Waals surface area contributed by atoms with Crippen LogP contribution in [0.4, 0.5) is 11.6 Å². The fourth-order valence-corrected chi connectivity index (χ4v) is 3.40. The first kappa shape index (κ1) is 19.0. The molecule has 0 radical (unpaired) electrons. The molecule has 0 bridgehead atoms. The molecule has 2 aromatic carbocycles. The topological polar surface area (TPSA) is 92.9 Å². The van der Waals surface area contributed by atoms with Gasteiger partial charge in [0.05, 0.1) is 6.54 Å². The molecule has 148 valence electrons. The van der Waals surface area contributed by atoms with Crippen LogP contribution in [-0.4, -0.2) is 14.5 Å². The van der Waals surface area contributed by atoms with Gasteiger partial charge in [0, 0.05) is 22.5 Å². The number of H-pyrrole nitrogens is 1. The zero-order valence-corrected chi connectivity index (χ0v) is 16.7. The van der Waals surface area contributed by atoms with Gasteiger partial charge in [0.15, 0.2) is 0 Å². The fraction of sp³-hybridized carbons (Fsp3) is 0.190. The Hall–Kier alpha value is -3.32. The van der Waals surface area contributed by atoms with E-state index >= 15 is 0 Å². The van der Waals surface area contributed by atoms with Crippen molar-refractivity contribution in [2.24, 2.45) is 0 Å². The van der Waals surface area contributed by atoms with Gasteiger partial charge in [-0.25, -0.2) is 9.59 Å².